The lowest BCUT2D eigenvalue weighted by atomic mass is 10.1. The molecule has 116 valence electrons. The van der Waals surface area contributed by atoms with Gasteiger partial charge in [0.2, 0.25) is 0 Å². The van der Waals surface area contributed by atoms with Crippen molar-refractivity contribution < 1.29 is 19.1 Å². The second-order valence-electron chi connectivity index (χ2n) is 5.05. The van der Waals surface area contributed by atoms with Gasteiger partial charge >= 0.3 is 11.9 Å². The molecule has 4 nitrogen and oxygen atoms in total. The summed E-state index contributed by atoms with van der Waals surface area (Å²) in [6, 6.07) is 4.96. The Labute approximate surface area is 133 Å². The van der Waals surface area contributed by atoms with E-state index < -0.39 is 11.9 Å². The number of carbonyl (C=O) groups excluding carboxylic acids is 2. The molecule has 1 aromatic carbocycles. The van der Waals surface area contributed by atoms with Crippen molar-refractivity contribution in [3.63, 3.8) is 0 Å². The Hall–Kier alpha value is -1.36. The summed E-state index contributed by atoms with van der Waals surface area (Å²) in [6.07, 6.45) is 1.81. The van der Waals surface area contributed by atoms with Crippen LogP contribution in [0.2, 0.25) is 0 Å². The zero-order valence-electron chi connectivity index (χ0n) is 12.6. The van der Waals surface area contributed by atoms with Crippen molar-refractivity contribution in [3.05, 3.63) is 33.8 Å². The maximum atomic E-state index is 12.1. The molecule has 0 bridgehead atoms. The summed E-state index contributed by atoms with van der Waals surface area (Å²) in [4.78, 5) is 24.1. The van der Waals surface area contributed by atoms with Gasteiger partial charge in [0.25, 0.3) is 0 Å². The van der Waals surface area contributed by atoms with Gasteiger partial charge in [0, 0.05) is 4.47 Å². The van der Waals surface area contributed by atoms with Crippen LogP contribution < -0.4 is 0 Å². The summed E-state index contributed by atoms with van der Waals surface area (Å²) >= 11 is 3.28. The molecule has 0 N–H and O–H groups in total. The highest BCUT2D eigenvalue weighted by molar-refractivity contribution is 9.10. The van der Waals surface area contributed by atoms with Crippen LogP contribution >= 0.6 is 15.9 Å². The Morgan fingerprint density at radius 3 is 2.52 bits per heavy atom. The number of halogens is 1. The van der Waals surface area contributed by atoms with Gasteiger partial charge in [0.1, 0.15) is 0 Å². The number of hydrogen-bond donors (Lipinski definition) is 0. The Balaban J connectivity index is 2.79. The van der Waals surface area contributed by atoms with Crippen molar-refractivity contribution in [3.8, 4) is 0 Å². The van der Waals surface area contributed by atoms with Gasteiger partial charge in [-0.25, -0.2) is 9.59 Å². The van der Waals surface area contributed by atoms with Gasteiger partial charge in [0.15, 0.2) is 0 Å². The first-order valence-electron chi connectivity index (χ1n) is 7.10. The first-order chi connectivity index (χ1) is 9.97. The van der Waals surface area contributed by atoms with Crippen LogP contribution in [-0.4, -0.2) is 25.2 Å². The van der Waals surface area contributed by atoms with Gasteiger partial charge in [-0.3, -0.25) is 0 Å². The zero-order valence-corrected chi connectivity index (χ0v) is 14.2. The van der Waals surface area contributed by atoms with E-state index in [1.165, 1.54) is 0 Å². The van der Waals surface area contributed by atoms with Crippen LogP contribution in [0.25, 0.3) is 0 Å². The second kappa shape index (κ2) is 8.82. The lowest BCUT2D eigenvalue weighted by Crippen LogP contribution is -2.15. The predicted octanol–water partition coefficient (Wildman–Crippen LogP) is 4.22. The molecule has 0 heterocycles. The SMILES string of the molecule is CCOC(=O)c1c(Br)cccc1C(=O)OCCCC(C)C. The highest BCUT2D eigenvalue weighted by Crippen LogP contribution is 2.22. The van der Waals surface area contributed by atoms with E-state index >= 15 is 0 Å². The Kier molecular flexibility index (Phi) is 7.43. The van der Waals surface area contributed by atoms with Crippen LogP contribution in [0.4, 0.5) is 0 Å². The van der Waals surface area contributed by atoms with Crippen molar-refractivity contribution in [2.75, 3.05) is 13.2 Å². The summed E-state index contributed by atoms with van der Waals surface area (Å²) in [5.74, 6) is -0.452. The summed E-state index contributed by atoms with van der Waals surface area (Å²) in [6.45, 7) is 6.57. The van der Waals surface area contributed by atoms with Gasteiger partial charge in [-0.05, 0) is 53.7 Å². The van der Waals surface area contributed by atoms with E-state index in [9.17, 15) is 9.59 Å². The molecule has 0 saturated carbocycles. The van der Waals surface area contributed by atoms with Crippen LogP contribution in [0.3, 0.4) is 0 Å². The fourth-order valence-electron chi connectivity index (χ4n) is 1.84. The van der Waals surface area contributed by atoms with E-state index in [1.54, 1.807) is 25.1 Å². The van der Waals surface area contributed by atoms with Crippen molar-refractivity contribution >= 4 is 27.9 Å². The van der Waals surface area contributed by atoms with Crippen molar-refractivity contribution in [2.45, 2.75) is 33.6 Å². The molecule has 0 aliphatic heterocycles. The van der Waals surface area contributed by atoms with Gasteiger partial charge in [-0.1, -0.05) is 19.9 Å². The van der Waals surface area contributed by atoms with Crippen molar-refractivity contribution in [1.82, 2.24) is 0 Å². The molecule has 0 fully saturated rings. The molecular formula is C16H21BrO4. The normalized spacial score (nSPS) is 10.5. The quantitative estimate of drug-likeness (QED) is 0.542. The molecule has 1 aromatic rings. The fraction of sp³-hybridized carbons (Fsp3) is 0.500. The van der Waals surface area contributed by atoms with Gasteiger partial charge in [-0.2, -0.15) is 0 Å². The maximum Gasteiger partial charge on any atom is 0.340 e. The van der Waals surface area contributed by atoms with Gasteiger partial charge in [0.05, 0.1) is 24.3 Å². The number of benzene rings is 1. The van der Waals surface area contributed by atoms with Crippen molar-refractivity contribution in [2.24, 2.45) is 5.92 Å². The molecule has 0 amide bonds. The Morgan fingerprint density at radius 1 is 1.19 bits per heavy atom. The first kappa shape index (κ1) is 17.7. The van der Waals surface area contributed by atoms with Crippen LogP contribution in [0.5, 0.6) is 0 Å². The lowest BCUT2D eigenvalue weighted by molar-refractivity contribution is 0.0460. The minimum atomic E-state index is -0.529. The van der Waals surface area contributed by atoms with Crippen LogP contribution in [-0.2, 0) is 9.47 Å². The Bertz CT molecular complexity index is 497. The monoisotopic (exact) mass is 356 g/mol. The highest BCUT2D eigenvalue weighted by Gasteiger charge is 2.21. The molecule has 0 atom stereocenters. The predicted molar refractivity (Wildman–Crippen MR) is 84.5 cm³/mol. The average Bonchev–Trinajstić information content (AvgIpc) is 2.43. The van der Waals surface area contributed by atoms with E-state index in [1.807, 2.05) is 0 Å². The van der Waals surface area contributed by atoms with Crippen LogP contribution in [0, 0.1) is 5.92 Å². The molecule has 0 saturated heterocycles. The molecule has 1 rings (SSSR count). The minimum Gasteiger partial charge on any atom is -0.462 e. The molecule has 0 unspecified atom stereocenters. The summed E-state index contributed by atoms with van der Waals surface area (Å²) in [5, 5.41) is 0. The number of carbonyl (C=O) groups is 2. The molecule has 0 aliphatic carbocycles. The molecule has 0 aliphatic rings. The first-order valence-corrected chi connectivity index (χ1v) is 7.89. The van der Waals surface area contributed by atoms with E-state index in [-0.39, 0.29) is 17.7 Å². The largest absolute Gasteiger partial charge is 0.462 e. The fourth-order valence-corrected chi connectivity index (χ4v) is 2.37. The third-order valence-corrected chi connectivity index (χ3v) is 3.53. The second-order valence-corrected chi connectivity index (χ2v) is 5.91. The number of hydrogen-bond acceptors (Lipinski definition) is 4. The van der Waals surface area contributed by atoms with Crippen LogP contribution in [0.1, 0.15) is 54.3 Å². The van der Waals surface area contributed by atoms with E-state index in [0.717, 1.165) is 12.8 Å². The number of rotatable bonds is 7. The number of ether oxygens (including phenoxy) is 2. The average molecular weight is 357 g/mol. The minimum absolute atomic E-state index is 0.216. The molecular weight excluding hydrogens is 336 g/mol. The van der Waals surface area contributed by atoms with E-state index in [0.29, 0.717) is 17.0 Å². The zero-order chi connectivity index (χ0) is 15.8. The standard InChI is InChI=1S/C16H21BrO4/c1-4-20-16(19)14-12(8-5-9-13(14)17)15(18)21-10-6-7-11(2)3/h5,8-9,11H,4,6-7,10H2,1-3H3. The maximum absolute atomic E-state index is 12.1. The summed E-state index contributed by atoms with van der Waals surface area (Å²) in [5.41, 5.74) is 0.445. The molecule has 0 radical (unpaired) electrons. The van der Waals surface area contributed by atoms with Crippen LogP contribution in [0.15, 0.2) is 22.7 Å². The highest BCUT2D eigenvalue weighted by atomic mass is 79.9. The Morgan fingerprint density at radius 2 is 1.90 bits per heavy atom. The topological polar surface area (TPSA) is 52.6 Å². The smallest absolute Gasteiger partial charge is 0.340 e. The molecule has 21 heavy (non-hydrogen) atoms. The third kappa shape index (κ3) is 5.50. The van der Waals surface area contributed by atoms with Gasteiger partial charge in [-0.15, -0.1) is 0 Å². The van der Waals surface area contributed by atoms with Gasteiger partial charge < -0.3 is 9.47 Å². The number of esters is 2. The lowest BCUT2D eigenvalue weighted by Gasteiger charge is -2.11. The summed E-state index contributed by atoms with van der Waals surface area (Å²) in [7, 11) is 0. The van der Waals surface area contributed by atoms with Crippen molar-refractivity contribution in [1.29, 1.82) is 0 Å². The molecule has 0 spiro atoms. The third-order valence-electron chi connectivity index (χ3n) is 2.87. The van der Waals surface area contributed by atoms with E-state index in [2.05, 4.69) is 29.8 Å². The summed E-state index contributed by atoms with van der Waals surface area (Å²) < 4.78 is 10.7. The van der Waals surface area contributed by atoms with E-state index in [4.69, 9.17) is 9.47 Å². The molecule has 0 aromatic heterocycles. The molecule has 5 heteroatoms.